The second-order valence-corrected chi connectivity index (χ2v) is 5.85. The van der Waals surface area contributed by atoms with Gasteiger partial charge in [0.1, 0.15) is 11.4 Å². The Bertz CT molecular complexity index is 1000. The first kappa shape index (κ1) is 19.9. The van der Waals surface area contributed by atoms with Crippen LogP contribution >= 0.6 is 0 Å². The minimum Gasteiger partial charge on any atom is -0.484 e. The van der Waals surface area contributed by atoms with Gasteiger partial charge < -0.3 is 4.74 Å². The molecule has 29 heavy (non-hydrogen) atoms. The largest absolute Gasteiger partial charge is 0.484 e. The molecule has 3 N–H and O–H groups in total. The third-order valence-corrected chi connectivity index (χ3v) is 3.74. The van der Waals surface area contributed by atoms with Crippen molar-refractivity contribution in [2.75, 3.05) is 6.61 Å². The first-order valence-electron chi connectivity index (χ1n) is 8.33. The van der Waals surface area contributed by atoms with E-state index in [4.69, 9.17) is 4.74 Å². The molecule has 2 aromatic carbocycles. The maximum Gasteiger partial charge on any atom is 0.416 e. The number of halogens is 3. The zero-order valence-corrected chi connectivity index (χ0v) is 14.8. The molecule has 3 aromatic rings. The number of benzene rings is 2. The van der Waals surface area contributed by atoms with Crippen LogP contribution in [0, 0.1) is 0 Å². The molecule has 0 radical (unpaired) electrons. The molecule has 0 saturated heterocycles. The lowest BCUT2D eigenvalue weighted by Crippen LogP contribution is -2.44. The number of carbonyl (C=O) groups excluding carboxylic acids is 2. The standard InChI is InChI=1S/C19H15F3N4O3/c20-19(21,22)13-7-4-8-14(9-13)29-11-17(27)25-26-18(28)16-10-15(23-24-16)12-5-2-1-3-6-12/h1-10H,11H2,(H,23,24)(H,25,27)(H,26,28). The summed E-state index contributed by atoms with van der Waals surface area (Å²) in [6.45, 7) is -0.583. The van der Waals surface area contributed by atoms with Gasteiger partial charge in [-0.3, -0.25) is 25.5 Å². The van der Waals surface area contributed by atoms with Crippen molar-refractivity contribution >= 4 is 11.8 Å². The number of hydrogen-bond acceptors (Lipinski definition) is 4. The Balaban J connectivity index is 1.50. The van der Waals surface area contributed by atoms with Crippen molar-refractivity contribution in [1.29, 1.82) is 0 Å². The van der Waals surface area contributed by atoms with Gasteiger partial charge in [-0.25, -0.2) is 0 Å². The molecule has 0 aliphatic carbocycles. The maximum atomic E-state index is 12.7. The predicted octanol–water partition coefficient (Wildman–Crippen LogP) is 2.94. The Morgan fingerprint density at radius 1 is 1.00 bits per heavy atom. The lowest BCUT2D eigenvalue weighted by molar-refractivity contribution is -0.137. The highest BCUT2D eigenvalue weighted by molar-refractivity contribution is 5.94. The fourth-order valence-electron chi connectivity index (χ4n) is 2.34. The van der Waals surface area contributed by atoms with E-state index in [0.717, 1.165) is 17.7 Å². The zero-order chi connectivity index (χ0) is 20.9. The molecule has 1 aromatic heterocycles. The van der Waals surface area contributed by atoms with Gasteiger partial charge in [0.25, 0.3) is 11.8 Å². The Kier molecular flexibility index (Phi) is 5.82. The first-order chi connectivity index (χ1) is 13.8. The van der Waals surface area contributed by atoms with E-state index in [1.807, 2.05) is 30.3 Å². The number of amides is 2. The van der Waals surface area contributed by atoms with E-state index < -0.39 is 30.2 Å². The summed E-state index contributed by atoms with van der Waals surface area (Å²) in [4.78, 5) is 23.8. The van der Waals surface area contributed by atoms with Crippen molar-refractivity contribution in [3.8, 4) is 17.0 Å². The monoisotopic (exact) mass is 404 g/mol. The van der Waals surface area contributed by atoms with Crippen LogP contribution in [0.3, 0.4) is 0 Å². The lowest BCUT2D eigenvalue weighted by atomic mass is 10.1. The Morgan fingerprint density at radius 3 is 2.48 bits per heavy atom. The number of H-pyrrole nitrogens is 1. The van der Waals surface area contributed by atoms with Crippen LogP contribution in [0.2, 0.25) is 0 Å². The summed E-state index contributed by atoms with van der Waals surface area (Å²) in [6.07, 6.45) is -4.52. The van der Waals surface area contributed by atoms with Gasteiger partial charge in [-0.15, -0.1) is 0 Å². The minimum absolute atomic E-state index is 0.114. The van der Waals surface area contributed by atoms with Gasteiger partial charge in [-0.2, -0.15) is 18.3 Å². The van der Waals surface area contributed by atoms with Crippen molar-refractivity contribution in [1.82, 2.24) is 21.0 Å². The lowest BCUT2D eigenvalue weighted by Gasteiger charge is -2.10. The molecule has 0 saturated carbocycles. The molecule has 0 aliphatic rings. The van der Waals surface area contributed by atoms with Crippen molar-refractivity contribution in [2.45, 2.75) is 6.18 Å². The second kappa shape index (κ2) is 8.46. The van der Waals surface area contributed by atoms with Gasteiger partial charge in [-0.05, 0) is 24.3 Å². The summed E-state index contributed by atoms with van der Waals surface area (Å²) in [5.74, 6) is -1.52. The van der Waals surface area contributed by atoms with Crippen LogP contribution in [0.15, 0.2) is 60.7 Å². The van der Waals surface area contributed by atoms with Crippen LogP contribution in [0.25, 0.3) is 11.3 Å². The quantitative estimate of drug-likeness (QED) is 0.570. The van der Waals surface area contributed by atoms with E-state index in [1.54, 1.807) is 0 Å². The van der Waals surface area contributed by atoms with Gasteiger partial charge in [-0.1, -0.05) is 36.4 Å². The number of rotatable bonds is 5. The number of nitrogens with zero attached hydrogens (tertiary/aromatic N) is 1. The van der Waals surface area contributed by atoms with Crippen LogP contribution in [0.4, 0.5) is 13.2 Å². The molecule has 1 heterocycles. The van der Waals surface area contributed by atoms with Gasteiger partial charge in [0.2, 0.25) is 0 Å². The molecule has 7 nitrogen and oxygen atoms in total. The molecular weight excluding hydrogens is 389 g/mol. The van der Waals surface area contributed by atoms with Crippen molar-refractivity contribution in [3.63, 3.8) is 0 Å². The van der Waals surface area contributed by atoms with Gasteiger partial charge in [0.05, 0.1) is 11.3 Å². The maximum absolute atomic E-state index is 12.7. The molecule has 0 fully saturated rings. The molecule has 0 spiro atoms. The number of aromatic amines is 1. The molecule has 150 valence electrons. The molecule has 3 rings (SSSR count). The van der Waals surface area contributed by atoms with E-state index in [9.17, 15) is 22.8 Å². The average molecular weight is 404 g/mol. The van der Waals surface area contributed by atoms with E-state index in [1.165, 1.54) is 18.2 Å². The zero-order valence-electron chi connectivity index (χ0n) is 14.8. The predicted molar refractivity (Wildman–Crippen MR) is 96.6 cm³/mol. The summed E-state index contributed by atoms with van der Waals surface area (Å²) in [7, 11) is 0. The number of nitrogens with one attached hydrogen (secondary N) is 3. The fraction of sp³-hybridized carbons (Fsp3) is 0.105. The van der Waals surface area contributed by atoms with Crippen LogP contribution in [0.1, 0.15) is 16.1 Å². The Morgan fingerprint density at radius 2 is 1.76 bits per heavy atom. The average Bonchev–Trinajstić information content (AvgIpc) is 3.21. The summed E-state index contributed by atoms with van der Waals surface area (Å²) in [5, 5.41) is 6.58. The van der Waals surface area contributed by atoms with Crippen molar-refractivity contribution in [3.05, 3.63) is 71.9 Å². The topological polar surface area (TPSA) is 96.1 Å². The molecule has 0 unspecified atom stereocenters. The highest BCUT2D eigenvalue weighted by Gasteiger charge is 2.30. The third-order valence-electron chi connectivity index (χ3n) is 3.74. The van der Waals surface area contributed by atoms with Gasteiger partial charge >= 0.3 is 6.18 Å². The number of alkyl halides is 3. The summed E-state index contributed by atoms with van der Waals surface area (Å²) < 4.78 is 43.0. The number of hydrogen-bond donors (Lipinski definition) is 3. The number of hydrazine groups is 1. The molecule has 2 amide bonds. The fourth-order valence-corrected chi connectivity index (χ4v) is 2.34. The third kappa shape index (κ3) is 5.34. The highest BCUT2D eigenvalue weighted by atomic mass is 19.4. The van der Waals surface area contributed by atoms with E-state index in [2.05, 4.69) is 21.0 Å². The molecular formula is C19H15F3N4O3. The number of aromatic nitrogens is 2. The molecule has 0 bridgehead atoms. The second-order valence-electron chi connectivity index (χ2n) is 5.85. The van der Waals surface area contributed by atoms with Gasteiger partial charge in [0.15, 0.2) is 6.61 Å². The minimum atomic E-state index is -4.52. The molecule has 10 heteroatoms. The van der Waals surface area contributed by atoms with Crippen LogP contribution < -0.4 is 15.6 Å². The summed E-state index contributed by atoms with van der Waals surface area (Å²) in [5.41, 5.74) is 4.86. The highest BCUT2D eigenvalue weighted by Crippen LogP contribution is 2.31. The summed E-state index contributed by atoms with van der Waals surface area (Å²) >= 11 is 0. The normalized spacial score (nSPS) is 11.0. The smallest absolute Gasteiger partial charge is 0.416 e. The Hall–Kier alpha value is -3.82. The van der Waals surface area contributed by atoms with Crippen molar-refractivity contribution < 1.29 is 27.5 Å². The summed E-state index contributed by atoms with van der Waals surface area (Å²) in [6, 6.07) is 14.8. The van der Waals surface area contributed by atoms with Crippen molar-refractivity contribution in [2.24, 2.45) is 0 Å². The SMILES string of the molecule is O=C(COc1cccc(C(F)(F)F)c1)NNC(=O)c1cc(-c2ccccc2)n[nH]1. The van der Waals surface area contributed by atoms with E-state index in [0.29, 0.717) is 5.69 Å². The van der Waals surface area contributed by atoms with E-state index in [-0.39, 0.29) is 11.4 Å². The van der Waals surface area contributed by atoms with Crippen LogP contribution in [-0.4, -0.2) is 28.6 Å². The Labute approximate surface area is 162 Å². The van der Waals surface area contributed by atoms with Gasteiger partial charge in [0, 0.05) is 5.56 Å². The van der Waals surface area contributed by atoms with E-state index >= 15 is 0 Å². The van der Waals surface area contributed by atoms with Crippen LogP contribution in [-0.2, 0) is 11.0 Å². The molecule has 0 aliphatic heterocycles. The molecule has 0 atom stereocenters. The number of ether oxygens (including phenoxy) is 1. The first-order valence-corrected chi connectivity index (χ1v) is 8.33. The van der Waals surface area contributed by atoms with Crippen LogP contribution in [0.5, 0.6) is 5.75 Å². The number of carbonyl (C=O) groups is 2.